The van der Waals surface area contributed by atoms with Crippen LogP contribution >= 0.6 is 11.6 Å². The molecule has 0 saturated carbocycles. The summed E-state index contributed by atoms with van der Waals surface area (Å²) in [5, 5.41) is 31.9. The zero-order valence-electron chi connectivity index (χ0n) is 13.7. The largest absolute Gasteiger partial charge is 0.492 e. The van der Waals surface area contributed by atoms with E-state index in [0.29, 0.717) is 24.0 Å². The van der Waals surface area contributed by atoms with Gasteiger partial charge in [0.1, 0.15) is 42.5 Å². The number of benzene rings is 1. The van der Waals surface area contributed by atoms with Gasteiger partial charge in [0, 0.05) is 6.92 Å². The van der Waals surface area contributed by atoms with Crippen LogP contribution in [0.1, 0.15) is 6.92 Å². The Morgan fingerprint density at radius 2 is 1.88 bits per heavy atom. The summed E-state index contributed by atoms with van der Waals surface area (Å²) >= 11 is 5.56. The third-order valence-electron chi connectivity index (χ3n) is 3.67. The smallest absolute Gasteiger partial charge is 0.223 e. The van der Waals surface area contributed by atoms with Crippen LogP contribution in [-0.4, -0.2) is 71.0 Å². The molecule has 0 spiro atoms. The number of rotatable bonds is 7. The lowest BCUT2D eigenvalue weighted by Crippen LogP contribution is -2.65. The number of alkyl halides is 1. The molecule has 1 aromatic rings. The van der Waals surface area contributed by atoms with E-state index in [1.54, 1.807) is 24.3 Å². The third kappa shape index (κ3) is 5.20. The molecule has 140 valence electrons. The van der Waals surface area contributed by atoms with Crippen molar-refractivity contribution in [2.75, 3.05) is 19.1 Å². The molecule has 1 fully saturated rings. The van der Waals surface area contributed by atoms with Gasteiger partial charge in [-0.05, 0) is 24.3 Å². The first-order valence-electron chi connectivity index (χ1n) is 7.81. The molecule has 9 heteroatoms. The van der Waals surface area contributed by atoms with Crippen LogP contribution in [0.2, 0.25) is 0 Å². The lowest BCUT2D eigenvalue weighted by atomic mass is 9.97. The average molecular weight is 376 g/mol. The Balaban J connectivity index is 2.11. The van der Waals surface area contributed by atoms with E-state index < -0.39 is 43.2 Å². The summed E-state index contributed by atoms with van der Waals surface area (Å²) in [6.07, 6.45) is -4.83. The van der Waals surface area contributed by atoms with Gasteiger partial charge in [-0.1, -0.05) is 0 Å². The topological polar surface area (TPSA) is 117 Å². The van der Waals surface area contributed by atoms with Crippen LogP contribution in [0.25, 0.3) is 0 Å². The van der Waals surface area contributed by atoms with Gasteiger partial charge in [-0.3, -0.25) is 4.79 Å². The van der Waals surface area contributed by atoms with Gasteiger partial charge < -0.3 is 34.8 Å². The number of amides is 1. The molecule has 0 bridgehead atoms. The van der Waals surface area contributed by atoms with Crippen LogP contribution in [0, 0.1) is 0 Å². The van der Waals surface area contributed by atoms with Crippen LogP contribution in [0.5, 0.6) is 11.5 Å². The number of ether oxygens (including phenoxy) is 3. The molecule has 1 heterocycles. The third-order valence-corrected chi connectivity index (χ3v) is 3.83. The van der Waals surface area contributed by atoms with Gasteiger partial charge in [0.05, 0.1) is 12.5 Å². The molecular formula is C16H22ClNO7. The summed E-state index contributed by atoms with van der Waals surface area (Å²) < 4.78 is 16.5. The molecule has 5 atom stereocenters. The van der Waals surface area contributed by atoms with Crippen molar-refractivity contribution in [3.05, 3.63) is 24.3 Å². The second-order valence-electron chi connectivity index (χ2n) is 5.56. The Morgan fingerprint density at radius 3 is 2.44 bits per heavy atom. The van der Waals surface area contributed by atoms with E-state index in [2.05, 4.69) is 5.32 Å². The molecule has 8 nitrogen and oxygen atoms in total. The summed E-state index contributed by atoms with van der Waals surface area (Å²) in [6, 6.07) is 5.61. The number of nitrogens with one attached hydrogen (secondary N) is 1. The standard InChI is InChI=1S/C16H22ClNO7/c1-9(20)18-13-15(22)14(21)12(8-19)25-16(13)24-11-4-2-10(3-5-11)23-7-6-17/h2-5,12-16,19,21-22H,6-8H2,1H3,(H,18,20)/t12-,13-,14-,15-,16-/m1/s1. The summed E-state index contributed by atoms with van der Waals surface area (Å²) in [5.74, 6) is 0.967. The van der Waals surface area contributed by atoms with Crippen molar-refractivity contribution in [1.82, 2.24) is 5.32 Å². The molecule has 1 saturated heterocycles. The molecule has 25 heavy (non-hydrogen) atoms. The Labute approximate surface area is 150 Å². The molecule has 4 N–H and O–H groups in total. The Kier molecular flexibility index (Phi) is 7.27. The van der Waals surface area contributed by atoms with Gasteiger partial charge in [-0.2, -0.15) is 0 Å². The van der Waals surface area contributed by atoms with Gasteiger partial charge in [0.2, 0.25) is 12.2 Å². The maximum atomic E-state index is 11.4. The van der Waals surface area contributed by atoms with E-state index in [4.69, 9.17) is 25.8 Å². The van der Waals surface area contributed by atoms with Crippen molar-refractivity contribution in [3.8, 4) is 11.5 Å². The minimum absolute atomic E-state index is 0.370. The molecule has 1 aromatic carbocycles. The minimum atomic E-state index is -1.36. The summed E-state index contributed by atoms with van der Waals surface area (Å²) in [7, 11) is 0. The summed E-state index contributed by atoms with van der Waals surface area (Å²) in [4.78, 5) is 11.4. The second-order valence-corrected chi connectivity index (χ2v) is 5.94. The van der Waals surface area contributed by atoms with Crippen molar-refractivity contribution in [3.63, 3.8) is 0 Å². The molecule has 1 aliphatic heterocycles. The number of aliphatic hydroxyl groups excluding tert-OH is 3. The normalized spacial score (nSPS) is 29.1. The van der Waals surface area contributed by atoms with Gasteiger partial charge in [0.25, 0.3) is 0 Å². The molecule has 0 radical (unpaired) electrons. The summed E-state index contributed by atoms with van der Waals surface area (Å²) in [6.45, 7) is 1.15. The van der Waals surface area contributed by atoms with Crippen LogP contribution in [0.3, 0.4) is 0 Å². The highest BCUT2D eigenvalue weighted by molar-refractivity contribution is 6.18. The Bertz CT molecular complexity index is 556. The zero-order chi connectivity index (χ0) is 18.4. The number of carbonyl (C=O) groups is 1. The number of carbonyl (C=O) groups excluding carboxylic acids is 1. The van der Waals surface area contributed by atoms with Crippen molar-refractivity contribution < 1.29 is 34.3 Å². The highest BCUT2D eigenvalue weighted by Gasteiger charge is 2.46. The summed E-state index contributed by atoms with van der Waals surface area (Å²) in [5.41, 5.74) is 0. The van der Waals surface area contributed by atoms with Crippen molar-refractivity contribution in [2.45, 2.75) is 37.6 Å². The van der Waals surface area contributed by atoms with Gasteiger partial charge in [-0.15, -0.1) is 11.6 Å². The molecule has 2 rings (SSSR count). The maximum absolute atomic E-state index is 11.4. The number of hydrogen-bond acceptors (Lipinski definition) is 7. The maximum Gasteiger partial charge on any atom is 0.223 e. The number of aliphatic hydroxyl groups is 3. The SMILES string of the molecule is CC(=O)N[C@H]1[C@H](Oc2ccc(OCCCl)cc2)O[C@H](CO)[C@@H](O)[C@@H]1O. The van der Waals surface area contributed by atoms with Crippen LogP contribution in [0.4, 0.5) is 0 Å². The first-order valence-corrected chi connectivity index (χ1v) is 8.34. The van der Waals surface area contributed by atoms with Crippen molar-refractivity contribution >= 4 is 17.5 Å². The van der Waals surface area contributed by atoms with Crippen molar-refractivity contribution in [1.29, 1.82) is 0 Å². The Hall–Kier alpha value is -1.58. The monoisotopic (exact) mass is 375 g/mol. The van der Waals surface area contributed by atoms with Crippen LogP contribution in [-0.2, 0) is 9.53 Å². The molecule has 0 unspecified atom stereocenters. The van der Waals surface area contributed by atoms with E-state index in [0.717, 1.165) is 0 Å². The lowest BCUT2D eigenvalue weighted by molar-refractivity contribution is -0.244. The van der Waals surface area contributed by atoms with Gasteiger partial charge in [0.15, 0.2) is 0 Å². The lowest BCUT2D eigenvalue weighted by Gasteiger charge is -2.42. The fourth-order valence-corrected chi connectivity index (χ4v) is 2.55. The quantitative estimate of drug-likeness (QED) is 0.480. The minimum Gasteiger partial charge on any atom is -0.492 e. The number of hydrogen-bond donors (Lipinski definition) is 4. The highest BCUT2D eigenvalue weighted by Crippen LogP contribution is 2.25. The van der Waals surface area contributed by atoms with E-state index in [-0.39, 0.29) is 0 Å². The first-order chi connectivity index (χ1) is 12.0. The van der Waals surface area contributed by atoms with Crippen LogP contribution < -0.4 is 14.8 Å². The van der Waals surface area contributed by atoms with Crippen molar-refractivity contribution in [2.24, 2.45) is 0 Å². The van der Waals surface area contributed by atoms with Gasteiger partial charge in [-0.25, -0.2) is 0 Å². The molecule has 0 aliphatic carbocycles. The van der Waals surface area contributed by atoms with Gasteiger partial charge >= 0.3 is 0 Å². The fraction of sp³-hybridized carbons (Fsp3) is 0.562. The van der Waals surface area contributed by atoms with Crippen LogP contribution in [0.15, 0.2) is 24.3 Å². The predicted molar refractivity (Wildman–Crippen MR) is 88.7 cm³/mol. The molecular weight excluding hydrogens is 354 g/mol. The zero-order valence-corrected chi connectivity index (χ0v) is 14.4. The molecule has 0 aromatic heterocycles. The van der Waals surface area contributed by atoms with E-state index >= 15 is 0 Å². The molecule has 1 amide bonds. The Morgan fingerprint density at radius 1 is 1.24 bits per heavy atom. The highest BCUT2D eigenvalue weighted by atomic mass is 35.5. The first kappa shape index (κ1) is 19.7. The second kappa shape index (κ2) is 9.21. The predicted octanol–water partition coefficient (Wildman–Crippen LogP) is -0.373. The number of halogens is 1. The average Bonchev–Trinajstić information content (AvgIpc) is 2.60. The van der Waals surface area contributed by atoms with E-state index in [1.807, 2.05) is 0 Å². The van der Waals surface area contributed by atoms with E-state index in [9.17, 15) is 20.1 Å². The fourth-order valence-electron chi connectivity index (χ4n) is 2.48. The molecule has 1 aliphatic rings. The van der Waals surface area contributed by atoms with E-state index in [1.165, 1.54) is 6.92 Å².